The van der Waals surface area contributed by atoms with E-state index >= 15 is 0 Å². The lowest BCUT2D eigenvalue weighted by Gasteiger charge is -2.37. The quantitative estimate of drug-likeness (QED) is 0.177. The average Bonchev–Trinajstić information content (AvgIpc) is 3.10. The molecule has 1 heterocycles. The number of carbonyl (C=O) groups excluding carboxylic acids is 2. The van der Waals surface area contributed by atoms with Crippen LogP contribution in [0, 0.1) is 0 Å². The van der Waals surface area contributed by atoms with Gasteiger partial charge in [0.1, 0.15) is 0 Å². The zero-order chi connectivity index (χ0) is 30.5. The molecule has 0 aromatic heterocycles. The van der Waals surface area contributed by atoms with Gasteiger partial charge < -0.3 is 15.5 Å². The maximum atomic E-state index is 13.1. The Morgan fingerprint density at radius 2 is 1.23 bits per heavy atom. The second kappa shape index (κ2) is 16.0. The van der Waals surface area contributed by atoms with Crippen molar-refractivity contribution in [2.45, 2.75) is 49.9 Å². The van der Waals surface area contributed by atoms with Crippen LogP contribution in [0.1, 0.15) is 60.3 Å². The molecular formula is C39H45N3O2. The van der Waals surface area contributed by atoms with Crippen molar-refractivity contribution >= 4 is 11.8 Å². The van der Waals surface area contributed by atoms with Gasteiger partial charge in [0.2, 0.25) is 11.8 Å². The third kappa shape index (κ3) is 8.67. The van der Waals surface area contributed by atoms with E-state index in [2.05, 4.69) is 94.4 Å². The molecule has 0 aliphatic carbocycles. The third-order valence-corrected chi connectivity index (χ3v) is 9.11. The van der Waals surface area contributed by atoms with Gasteiger partial charge in [-0.2, -0.15) is 0 Å². The Labute approximate surface area is 262 Å². The highest BCUT2D eigenvalue weighted by Crippen LogP contribution is 2.37. The number of piperidine rings is 1. The summed E-state index contributed by atoms with van der Waals surface area (Å²) in [6, 6.07) is 42.0. The molecule has 4 aromatic carbocycles. The summed E-state index contributed by atoms with van der Waals surface area (Å²) < 4.78 is 0. The molecule has 0 radical (unpaired) electrons. The SMILES string of the molecule is O=C(CCc1ccccc1)NCC(=O)NCC(CCCN1CCC(c2ccccc2)CC1)(c1ccccc1)c1ccccc1. The largest absolute Gasteiger partial charge is 0.353 e. The van der Waals surface area contributed by atoms with Gasteiger partial charge in [-0.05, 0) is 79.9 Å². The number of benzene rings is 4. The molecule has 2 N–H and O–H groups in total. The minimum atomic E-state index is -0.377. The summed E-state index contributed by atoms with van der Waals surface area (Å²) in [6.45, 7) is 3.71. The number of aryl methyl sites for hydroxylation is 1. The summed E-state index contributed by atoms with van der Waals surface area (Å²) in [7, 11) is 0. The highest BCUT2D eigenvalue weighted by Gasteiger charge is 2.34. The van der Waals surface area contributed by atoms with Crippen molar-refractivity contribution in [3.05, 3.63) is 144 Å². The molecule has 228 valence electrons. The van der Waals surface area contributed by atoms with Gasteiger partial charge in [0.05, 0.1) is 6.54 Å². The molecule has 2 amide bonds. The zero-order valence-corrected chi connectivity index (χ0v) is 25.7. The third-order valence-electron chi connectivity index (χ3n) is 9.11. The molecule has 44 heavy (non-hydrogen) atoms. The Morgan fingerprint density at radius 3 is 1.82 bits per heavy atom. The normalized spacial score (nSPS) is 14.2. The van der Waals surface area contributed by atoms with Crippen molar-refractivity contribution in [3.8, 4) is 0 Å². The van der Waals surface area contributed by atoms with E-state index in [1.165, 1.54) is 29.5 Å². The van der Waals surface area contributed by atoms with Crippen LogP contribution >= 0.6 is 0 Å². The van der Waals surface area contributed by atoms with Crippen molar-refractivity contribution in [1.29, 1.82) is 0 Å². The molecule has 0 saturated carbocycles. The van der Waals surface area contributed by atoms with E-state index in [-0.39, 0.29) is 23.8 Å². The Balaban J connectivity index is 1.20. The van der Waals surface area contributed by atoms with Crippen LogP contribution in [-0.4, -0.2) is 49.4 Å². The summed E-state index contributed by atoms with van der Waals surface area (Å²) in [5.41, 5.74) is 4.59. The van der Waals surface area contributed by atoms with Crippen LogP contribution in [-0.2, 0) is 21.4 Å². The van der Waals surface area contributed by atoms with Gasteiger partial charge in [-0.25, -0.2) is 0 Å². The molecule has 0 spiro atoms. The van der Waals surface area contributed by atoms with Gasteiger partial charge >= 0.3 is 0 Å². The Kier molecular flexibility index (Phi) is 11.4. The monoisotopic (exact) mass is 587 g/mol. The van der Waals surface area contributed by atoms with E-state index in [1.807, 2.05) is 42.5 Å². The van der Waals surface area contributed by atoms with Crippen LogP contribution in [0.3, 0.4) is 0 Å². The summed E-state index contributed by atoms with van der Waals surface area (Å²) in [6.07, 6.45) is 5.33. The number of hydrogen-bond acceptors (Lipinski definition) is 3. The van der Waals surface area contributed by atoms with Gasteiger partial charge in [-0.15, -0.1) is 0 Å². The van der Waals surface area contributed by atoms with E-state index in [0.29, 0.717) is 25.3 Å². The zero-order valence-electron chi connectivity index (χ0n) is 25.7. The number of carbonyl (C=O) groups is 2. The number of hydrogen-bond donors (Lipinski definition) is 2. The fourth-order valence-electron chi connectivity index (χ4n) is 6.56. The lowest BCUT2D eigenvalue weighted by Crippen LogP contribution is -2.45. The Bertz CT molecular complexity index is 1380. The topological polar surface area (TPSA) is 61.4 Å². The first-order valence-corrected chi connectivity index (χ1v) is 16.1. The lowest BCUT2D eigenvalue weighted by atomic mass is 9.71. The maximum absolute atomic E-state index is 13.1. The van der Waals surface area contributed by atoms with Crippen LogP contribution < -0.4 is 10.6 Å². The minimum absolute atomic E-state index is 0.0242. The van der Waals surface area contributed by atoms with Gasteiger partial charge in [0, 0.05) is 18.4 Å². The van der Waals surface area contributed by atoms with Crippen LogP contribution in [0.4, 0.5) is 0 Å². The van der Waals surface area contributed by atoms with E-state index in [4.69, 9.17) is 0 Å². The fraction of sp³-hybridized carbons (Fsp3) is 0.333. The number of nitrogens with zero attached hydrogens (tertiary/aromatic N) is 1. The van der Waals surface area contributed by atoms with E-state index < -0.39 is 0 Å². The molecule has 1 fully saturated rings. The second-order valence-corrected chi connectivity index (χ2v) is 12.0. The smallest absolute Gasteiger partial charge is 0.239 e. The predicted molar refractivity (Wildman–Crippen MR) is 179 cm³/mol. The van der Waals surface area contributed by atoms with Crippen molar-refractivity contribution in [3.63, 3.8) is 0 Å². The van der Waals surface area contributed by atoms with Crippen molar-refractivity contribution in [2.75, 3.05) is 32.7 Å². The van der Waals surface area contributed by atoms with Gasteiger partial charge in [0.25, 0.3) is 0 Å². The van der Waals surface area contributed by atoms with Gasteiger partial charge in [-0.3, -0.25) is 9.59 Å². The van der Waals surface area contributed by atoms with E-state index in [1.54, 1.807) is 0 Å². The summed E-state index contributed by atoms with van der Waals surface area (Å²) in [4.78, 5) is 28.1. The summed E-state index contributed by atoms with van der Waals surface area (Å²) in [5.74, 6) is 0.365. The number of amides is 2. The molecule has 0 unspecified atom stereocenters. The predicted octanol–water partition coefficient (Wildman–Crippen LogP) is 6.50. The summed E-state index contributed by atoms with van der Waals surface area (Å²) in [5, 5.41) is 6.01. The van der Waals surface area contributed by atoms with Crippen LogP contribution in [0.25, 0.3) is 0 Å². The number of rotatable bonds is 14. The van der Waals surface area contributed by atoms with Crippen molar-refractivity contribution in [2.24, 2.45) is 0 Å². The first kappa shape index (κ1) is 31.2. The molecule has 5 heteroatoms. The average molecular weight is 588 g/mol. The Morgan fingerprint density at radius 1 is 0.682 bits per heavy atom. The molecule has 1 aliphatic heterocycles. The van der Waals surface area contributed by atoms with Gasteiger partial charge in [-0.1, -0.05) is 121 Å². The molecule has 1 saturated heterocycles. The molecule has 5 nitrogen and oxygen atoms in total. The standard InChI is InChI=1S/C39H45N3O2/c43-37(23-22-32-14-5-1-6-15-32)40-30-38(44)41-31-39(35-18-9-3-10-19-35,36-20-11-4-12-21-36)26-13-27-42-28-24-34(25-29-42)33-16-7-2-8-17-33/h1-12,14-21,34H,13,22-31H2,(H,40,43)(H,41,44). The fourth-order valence-corrected chi connectivity index (χ4v) is 6.56. The molecule has 1 aliphatic rings. The second-order valence-electron chi connectivity index (χ2n) is 12.0. The van der Waals surface area contributed by atoms with Gasteiger partial charge in [0.15, 0.2) is 0 Å². The first-order valence-electron chi connectivity index (χ1n) is 16.1. The van der Waals surface area contributed by atoms with E-state index in [0.717, 1.165) is 38.0 Å². The Hall–Kier alpha value is -4.22. The lowest BCUT2D eigenvalue weighted by molar-refractivity contribution is -0.126. The molecular weight excluding hydrogens is 542 g/mol. The summed E-state index contributed by atoms with van der Waals surface area (Å²) >= 11 is 0. The molecule has 0 atom stereocenters. The van der Waals surface area contributed by atoms with Crippen LogP contribution in [0.15, 0.2) is 121 Å². The van der Waals surface area contributed by atoms with E-state index in [9.17, 15) is 9.59 Å². The number of nitrogens with one attached hydrogen (secondary N) is 2. The van der Waals surface area contributed by atoms with Crippen LogP contribution in [0.2, 0.25) is 0 Å². The molecule has 0 bridgehead atoms. The highest BCUT2D eigenvalue weighted by molar-refractivity contribution is 5.84. The molecule has 4 aromatic rings. The van der Waals surface area contributed by atoms with Crippen LogP contribution in [0.5, 0.6) is 0 Å². The number of likely N-dealkylation sites (tertiary alicyclic amines) is 1. The highest BCUT2D eigenvalue weighted by atomic mass is 16.2. The van der Waals surface area contributed by atoms with Crippen molar-refractivity contribution < 1.29 is 9.59 Å². The first-order chi connectivity index (χ1) is 21.6. The minimum Gasteiger partial charge on any atom is -0.353 e. The molecule has 5 rings (SSSR count). The van der Waals surface area contributed by atoms with Crippen molar-refractivity contribution in [1.82, 2.24) is 15.5 Å². The maximum Gasteiger partial charge on any atom is 0.239 e.